The molecule has 0 radical (unpaired) electrons. The van der Waals surface area contributed by atoms with Gasteiger partial charge >= 0.3 is 0 Å². The number of nitrogens with zero attached hydrogens (tertiary/aromatic N) is 4. The van der Waals surface area contributed by atoms with Crippen molar-refractivity contribution in [2.75, 3.05) is 31.1 Å². The largest absolute Gasteiger partial charge is 0.367 e. The SMILES string of the molecule is CC(C)n1cc(S(=O)(=O)N2CCN(c3ccccc3F)CC2)c(-c2ccccc2)n1. The molecule has 1 aliphatic heterocycles. The molecule has 1 fully saturated rings. The van der Waals surface area contributed by atoms with E-state index >= 15 is 0 Å². The Balaban J connectivity index is 1.62. The van der Waals surface area contributed by atoms with Crippen molar-refractivity contribution in [1.82, 2.24) is 14.1 Å². The summed E-state index contributed by atoms with van der Waals surface area (Å²) in [6.45, 7) is 5.37. The van der Waals surface area contributed by atoms with Crippen LogP contribution in [-0.4, -0.2) is 48.7 Å². The first-order valence-corrected chi connectivity index (χ1v) is 11.5. The number of hydrogen-bond acceptors (Lipinski definition) is 4. The van der Waals surface area contributed by atoms with Crippen LogP contribution < -0.4 is 4.90 Å². The maximum Gasteiger partial charge on any atom is 0.246 e. The van der Waals surface area contributed by atoms with E-state index < -0.39 is 10.0 Å². The normalized spacial score (nSPS) is 15.7. The Labute approximate surface area is 176 Å². The summed E-state index contributed by atoms with van der Waals surface area (Å²) in [4.78, 5) is 2.10. The van der Waals surface area contributed by atoms with Crippen molar-refractivity contribution in [2.45, 2.75) is 24.8 Å². The van der Waals surface area contributed by atoms with Crippen LogP contribution in [0.3, 0.4) is 0 Å². The zero-order valence-corrected chi connectivity index (χ0v) is 17.9. The molecule has 2 aromatic carbocycles. The maximum absolute atomic E-state index is 14.1. The third-order valence-corrected chi connectivity index (χ3v) is 7.22. The van der Waals surface area contributed by atoms with Crippen LogP contribution in [0.15, 0.2) is 65.7 Å². The minimum absolute atomic E-state index is 0.0364. The summed E-state index contributed by atoms with van der Waals surface area (Å²) in [7, 11) is -3.74. The fourth-order valence-electron chi connectivity index (χ4n) is 3.64. The van der Waals surface area contributed by atoms with Crippen molar-refractivity contribution in [2.24, 2.45) is 0 Å². The average molecular weight is 429 g/mol. The van der Waals surface area contributed by atoms with E-state index in [0.717, 1.165) is 5.56 Å². The third kappa shape index (κ3) is 3.85. The van der Waals surface area contributed by atoms with Gasteiger partial charge in [0.1, 0.15) is 16.4 Å². The molecular weight excluding hydrogens is 403 g/mol. The highest BCUT2D eigenvalue weighted by Gasteiger charge is 2.33. The van der Waals surface area contributed by atoms with E-state index in [2.05, 4.69) is 5.10 Å². The van der Waals surface area contributed by atoms with Gasteiger partial charge in [-0.2, -0.15) is 9.40 Å². The molecule has 0 N–H and O–H groups in total. The molecule has 0 amide bonds. The number of hydrogen-bond donors (Lipinski definition) is 0. The van der Waals surface area contributed by atoms with Crippen molar-refractivity contribution in [3.63, 3.8) is 0 Å². The number of rotatable bonds is 5. The molecule has 158 valence electrons. The minimum Gasteiger partial charge on any atom is -0.367 e. The highest BCUT2D eigenvalue weighted by Crippen LogP contribution is 2.30. The lowest BCUT2D eigenvalue weighted by Gasteiger charge is -2.35. The van der Waals surface area contributed by atoms with Crippen LogP contribution in [-0.2, 0) is 10.0 Å². The van der Waals surface area contributed by atoms with Crippen LogP contribution >= 0.6 is 0 Å². The van der Waals surface area contributed by atoms with Crippen LogP contribution in [0.5, 0.6) is 0 Å². The van der Waals surface area contributed by atoms with E-state index in [0.29, 0.717) is 24.5 Å². The summed E-state index contributed by atoms with van der Waals surface area (Å²) >= 11 is 0. The van der Waals surface area contributed by atoms with Gasteiger partial charge in [0.2, 0.25) is 10.0 Å². The van der Waals surface area contributed by atoms with E-state index in [1.807, 2.05) is 49.1 Å². The number of sulfonamides is 1. The molecule has 8 heteroatoms. The molecule has 4 rings (SSSR count). The fraction of sp³-hybridized carbons (Fsp3) is 0.318. The Hall–Kier alpha value is -2.71. The van der Waals surface area contributed by atoms with Crippen molar-refractivity contribution in [3.8, 4) is 11.3 Å². The summed E-state index contributed by atoms with van der Waals surface area (Å²) in [5.41, 5.74) is 1.73. The van der Waals surface area contributed by atoms with Gasteiger partial charge in [-0.1, -0.05) is 42.5 Å². The van der Waals surface area contributed by atoms with Gasteiger partial charge in [0.05, 0.1) is 5.69 Å². The minimum atomic E-state index is -3.74. The Kier molecular flexibility index (Phi) is 5.62. The van der Waals surface area contributed by atoms with Gasteiger partial charge < -0.3 is 4.90 Å². The molecule has 6 nitrogen and oxygen atoms in total. The quantitative estimate of drug-likeness (QED) is 0.621. The number of para-hydroxylation sites is 1. The summed E-state index contributed by atoms with van der Waals surface area (Å²) in [5.74, 6) is -0.293. The van der Waals surface area contributed by atoms with Crippen LogP contribution in [0.2, 0.25) is 0 Å². The van der Waals surface area contributed by atoms with Gasteiger partial charge in [0.15, 0.2) is 0 Å². The number of piperazine rings is 1. The summed E-state index contributed by atoms with van der Waals surface area (Å²) < 4.78 is 44.3. The highest BCUT2D eigenvalue weighted by molar-refractivity contribution is 7.89. The van der Waals surface area contributed by atoms with Crippen molar-refractivity contribution in [1.29, 1.82) is 0 Å². The molecule has 0 aliphatic carbocycles. The molecule has 2 heterocycles. The van der Waals surface area contributed by atoms with Crippen molar-refractivity contribution >= 4 is 15.7 Å². The predicted molar refractivity (Wildman–Crippen MR) is 115 cm³/mol. The molecule has 0 saturated carbocycles. The van der Waals surface area contributed by atoms with Gasteiger partial charge in [-0.15, -0.1) is 0 Å². The Bertz CT molecular complexity index is 1120. The molecule has 30 heavy (non-hydrogen) atoms. The molecule has 0 atom stereocenters. The van der Waals surface area contributed by atoms with E-state index in [-0.39, 0.29) is 29.8 Å². The van der Waals surface area contributed by atoms with Gasteiger partial charge in [0.25, 0.3) is 0 Å². The molecule has 1 saturated heterocycles. The zero-order valence-electron chi connectivity index (χ0n) is 17.1. The topological polar surface area (TPSA) is 58.4 Å². The predicted octanol–water partition coefficient (Wildman–Crippen LogP) is 3.78. The van der Waals surface area contributed by atoms with Crippen molar-refractivity contribution < 1.29 is 12.8 Å². The standard InChI is InChI=1S/C22H25FN4O2S/c1-17(2)27-16-21(22(24-27)18-8-4-3-5-9-18)30(28,29)26-14-12-25(13-15-26)20-11-7-6-10-19(20)23/h3-11,16-17H,12-15H2,1-2H3. The van der Waals surface area contributed by atoms with Crippen molar-refractivity contribution in [3.05, 3.63) is 66.6 Å². The van der Waals surface area contributed by atoms with Crippen LogP contribution in [0, 0.1) is 5.82 Å². The second-order valence-electron chi connectivity index (χ2n) is 7.62. The van der Waals surface area contributed by atoms with E-state index in [1.165, 1.54) is 10.4 Å². The molecule has 1 aromatic heterocycles. The first-order valence-electron chi connectivity index (χ1n) is 10.0. The van der Waals surface area contributed by atoms with Crippen LogP contribution in [0.1, 0.15) is 19.9 Å². The first-order chi connectivity index (χ1) is 14.4. The lowest BCUT2D eigenvalue weighted by atomic mass is 10.2. The highest BCUT2D eigenvalue weighted by atomic mass is 32.2. The maximum atomic E-state index is 14.1. The lowest BCUT2D eigenvalue weighted by Crippen LogP contribution is -2.48. The number of benzene rings is 2. The molecule has 0 bridgehead atoms. The number of halogens is 1. The second kappa shape index (κ2) is 8.20. The smallest absolute Gasteiger partial charge is 0.246 e. The Morgan fingerprint density at radius 2 is 1.57 bits per heavy atom. The summed E-state index contributed by atoms with van der Waals surface area (Å²) in [6.07, 6.45) is 1.62. The summed E-state index contributed by atoms with van der Waals surface area (Å²) in [5, 5.41) is 4.57. The Morgan fingerprint density at radius 3 is 2.20 bits per heavy atom. The average Bonchev–Trinajstić information content (AvgIpc) is 3.22. The third-order valence-electron chi connectivity index (χ3n) is 5.32. The van der Waals surface area contributed by atoms with Gasteiger partial charge in [0, 0.05) is 44.0 Å². The molecule has 1 aliphatic rings. The first kappa shape index (κ1) is 20.6. The van der Waals surface area contributed by atoms with Gasteiger partial charge in [-0.3, -0.25) is 4.68 Å². The lowest BCUT2D eigenvalue weighted by molar-refractivity contribution is 0.383. The number of anilines is 1. The molecular formula is C22H25FN4O2S. The monoisotopic (exact) mass is 428 g/mol. The van der Waals surface area contributed by atoms with E-state index in [9.17, 15) is 12.8 Å². The Morgan fingerprint density at radius 1 is 0.933 bits per heavy atom. The van der Waals surface area contributed by atoms with Gasteiger partial charge in [-0.05, 0) is 26.0 Å². The second-order valence-corrected chi connectivity index (χ2v) is 9.53. The number of aromatic nitrogens is 2. The molecule has 3 aromatic rings. The molecule has 0 unspecified atom stereocenters. The molecule has 0 spiro atoms. The fourth-order valence-corrected chi connectivity index (χ4v) is 5.21. The zero-order chi connectivity index (χ0) is 21.3. The van der Waals surface area contributed by atoms with E-state index in [1.54, 1.807) is 29.1 Å². The summed E-state index contributed by atoms with van der Waals surface area (Å²) in [6, 6.07) is 16.0. The van der Waals surface area contributed by atoms with E-state index in [4.69, 9.17) is 0 Å². The van der Waals surface area contributed by atoms with Gasteiger partial charge in [-0.25, -0.2) is 12.8 Å². The van der Waals surface area contributed by atoms with Crippen LogP contribution in [0.25, 0.3) is 11.3 Å². The van der Waals surface area contributed by atoms with Crippen LogP contribution in [0.4, 0.5) is 10.1 Å².